The lowest BCUT2D eigenvalue weighted by Gasteiger charge is -2.29. The van der Waals surface area contributed by atoms with Gasteiger partial charge in [-0.05, 0) is 45.1 Å². The smallest absolute Gasteiger partial charge is 0.107 e. The Morgan fingerprint density at radius 1 is 1.25 bits per heavy atom. The molecule has 1 fully saturated rings. The van der Waals surface area contributed by atoms with Crippen LogP contribution in [0.3, 0.4) is 0 Å². The molecule has 0 aliphatic carbocycles. The lowest BCUT2D eigenvalue weighted by molar-refractivity contribution is 0.221. The van der Waals surface area contributed by atoms with Crippen molar-refractivity contribution in [3.63, 3.8) is 0 Å². The van der Waals surface area contributed by atoms with Crippen LogP contribution in [0, 0.1) is 11.3 Å². The number of nitrogens with zero attached hydrogens (tertiary/aromatic N) is 5. The first-order valence-corrected chi connectivity index (χ1v) is 6.85. The maximum absolute atomic E-state index is 8.93. The van der Waals surface area contributed by atoms with E-state index in [1.807, 2.05) is 12.5 Å². The van der Waals surface area contributed by atoms with Gasteiger partial charge in [0.1, 0.15) is 5.69 Å². The van der Waals surface area contributed by atoms with Gasteiger partial charge in [0.05, 0.1) is 23.7 Å². The van der Waals surface area contributed by atoms with Gasteiger partial charge in [-0.3, -0.25) is 4.98 Å². The third kappa shape index (κ3) is 2.56. The Kier molecular flexibility index (Phi) is 3.48. The number of hydrogen-bond donors (Lipinski definition) is 0. The number of hydrogen-bond acceptors (Lipinski definition) is 4. The molecular formula is C15H17N5. The molecule has 1 saturated heterocycles. The van der Waals surface area contributed by atoms with E-state index < -0.39 is 0 Å². The van der Waals surface area contributed by atoms with Crippen molar-refractivity contribution >= 4 is 0 Å². The van der Waals surface area contributed by atoms with Crippen LogP contribution in [0.15, 0.2) is 30.9 Å². The minimum absolute atomic E-state index is 0.520. The summed E-state index contributed by atoms with van der Waals surface area (Å²) >= 11 is 0. The van der Waals surface area contributed by atoms with Gasteiger partial charge < -0.3 is 9.47 Å². The van der Waals surface area contributed by atoms with Gasteiger partial charge in [0.25, 0.3) is 0 Å². The summed E-state index contributed by atoms with van der Waals surface area (Å²) in [6, 6.07) is 6.14. The van der Waals surface area contributed by atoms with Crippen LogP contribution in [0.5, 0.6) is 0 Å². The standard InChI is InChI=1S/C15H17N5/c1-19-6-3-13(4-7-19)20-10-15(18-11-20)14-8-12(9-16)2-5-17-14/h2,5,8,10-11,13H,3-4,6-7H2,1H3. The molecule has 2 aromatic rings. The van der Waals surface area contributed by atoms with Gasteiger partial charge in [0.2, 0.25) is 0 Å². The number of nitriles is 1. The van der Waals surface area contributed by atoms with Crippen molar-refractivity contribution in [2.75, 3.05) is 20.1 Å². The number of pyridine rings is 1. The number of rotatable bonds is 2. The molecule has 3 rings (SSSR count). The maximum atomic E-state index is 8.93. The lowest BCUT2D eigenvalue weighted by Crippen LogP contribution is -2.31. The number of aromatic nitrogens is 3. The molecule has 0 radical (unpaired) electrons. The molecule has 0 aromatic carbocycles. The van der Waals surface area contributed by atoms with E-state index >= 15 is 0 Å². The Morgan fingerprint density at radius 3 is 2.80 bits per heavy atom. The molecule has 5 heteroatoms. The van der Waals surface area contributed by atoms with Crippen molar-refractivity contribution in [1.29, 1.82) is 5.26 Å². The van der Waals surface area contributed by atoms with Crippen molar-refractivity contribution in [3.8, 4) is 17.5 Å². The fourth-order valence-electron chi connectivity index (χ4n) is 2.60. The summed E-state index contributed by atoms with van der Waals surface area (Å²) in [7, 11) is 2.16. The first-order chi connectivity index (χ1) is 9.76. The highest BCUT2D eigenvalue weighted by molar-refractivity contribution is 5.55. The zero-order chi connectivity index (χ0) is 13.9. The maximum Gasteiger partial charge on any atom is 0.107 e. The average Bonchev–Trinajstić information content (AvgIpc) is 2.98. The molecule has 1 aliphatic heterocycles. The molecule has 0 atom stereocenters. The fourth-order valence-corrected chi connectivity index (χ4v) is 2.60. The van der Waals surface area contributed by atoms with E-state index in [0.29, 0.717) is 11.6 Å². The second-order valence-corrected chi connectivity index (χ2v) is 5.28. The van der Waals surface area contributed by atoms with Crippen LogP contribution < -0.4 is 0 Å². The fraction of sp³-hybridized carbons (Fsp3) is 0.400. The molecule has 102 valence electrons. The summed E-state index contributed by atoms with van der Waals surface area (Å²) in [6.45, 7) is 2.25. The molecule has 0 spiro atoms. The predicted octanol–water partition coefficient (Wildman–Crippen LogP) is 2.08. The number of likely N-dealkylation sites (tertiary alicyclic amines) is 1. The average molecular weight is 267 g/mol. The van der Waals surface area contributed by atoms with Crippen molar-refractivity contribution in [1.82, 2.24) is 19.4 Å². The highest BCUT2D eigenvalue weighted by atomic mass is 15.1. The molecule has 0 saturated carbocycles. The van der Waals surface area contributed by atoms with Gasteiger partial charge in [-0.2, -0.15) is 5.26 Å². The molecule has 0 unspecified atom stereocenters. The summed E-state index contributed by atoms with van der Waals surface area (Å²) in [5.41, 5.74) is 2.21. The summed E-state index contributed by atoms with van der Waals surface area (Å²) in [6.07, 6.45) is 7.88. The molecule has 0 N–H and O–H groups in total. The normalized spacial score (nSPS) is 17.0. The van der Waals surface area contributed by atoms with E-state index in [9.17, 15) is 0 Å². The van der Waals surface area contributed by atoms with Gasteiger partial charge in [-0.25, -0.2) is 4.98 Å². The van der Waals surface area contributed by atoms with Crippen LogP contribution in [0.25, 0.3) is 11.4 Å². The summed E-state index contributed by atoms with van der Waals surface area (Å²) in [5, 5.41) is 8.93. The SMILES string of the molecule is CN1CCC(n2cnc(-c3cc(C#N)ccn3)c2)CC1. The first-order valence-electron chi connectivity index (χ1n) is 6.85. The van der Waals surface area contributed by atoms with Crippen LogP contribution >= 0.6 is 0 Å². The topological polar surface area (TPSA) is 57.7 Å². The van der Waals surface area contributed by atoms with Crippen LogP contribution in [-0.4, -0.2) is 39.6 Å². The highest BCUT2D eigenvalue weighted by Gasteiger charge is 2.18. The van der Waals surface area contributed by atoms with Crippen molar-refractivity contribution in [3.05, 3.63) is 36.4 Å². The Hall–Kier alpha value is -2.19. The van der Waals surface area contributed by atoms with Crippen LogP contribution in [-0.2, 0) is 0 Å². The molecular weight excluding hydrogens is 250 g/mol. The summed E-state index contributed by atoms with van der Waals surface area (Å²) < 4.78 is 2.18. The van der Waals surface area contributed by atoms with Crippen molar-refractivity contribution in [2.45, 2.75) is 18.9 Å². The molecule has 3 heterocycles. The van der Waals surface area contributed by atoms with Crippen LogP contribution in [0.1, 0.15) is 24.4 Å². The van der Waals surface area contributed by atoms with Crippen LogP contribution in [0.2, 0.25) is 0 Å². The van der Waals surface area contributed by atoms with E-state index in [1.165, 1.54) is 0 Å². The number of imidazole rings is 1. The van der Waals surface area contributed by atoms with Gasteiger partial charge in [0.15, 0.2) is 0 Å². The third-order valence-electron chi connectivity index (χ3n) is 3.86. The van der Waals surface area contributed by atoms with E-state index in [2.05, 4.69) is 32.6 Å². The monoisotopic (exact) mass is 267 g/mol. The molecule has 5 nitrogen and oxygen atoms in total. The van der Waals surface area contributed by atoms with E-state index in [1.54, 1.807) is 18.3 Å². The second kappa shape index (κ2) is 5.43. The summed E-state index contributed by atoms with van der Waals surface area (Å²) in [5.74, 6) is 0. The van der Waals surface area contributed by atoms with Gasteiger partial charge in [0, 0.05) is 18.4 Å². The van der Waals surface area contributed by atoms with E-state index in [4.69, 9.17) is 5.26 Å². The Balaban J connectivity index is 1.81. The van der Waals surface area contributed by atoms with Gasteiger partial charge in [-0.15, -0.1) is 0 Å². The van der Waals surface area contributed by atoms with Crippen molar-refractivity contribution in [2.24, 2.45) is 0 Å². The van der Waals surface area contributed by atoms with E-state index in [-0.39, 0.29) is 0 Å². The zero-order valence-corrected chi connectivity index (χ0v) is 11.5. The molecule has 1 aliphatic rings. The minimum atomic E-state index is 0.520. The van der Waals surface area contributed by atoms with E-state index in [0.717, 1.165) is 37.3 Å². The second-order valence-electron chi connectivity index (χ2n) is 5.28. The zero-order valence-electron chi connectivity index (χ0n) is 11.5. The number of piperidine rings is 1. The highest BCUT2D eigenvalue weighted by Crippen LogP contribution is 2.24. The third-order valence-corrected chi connectivity index (χ3v) is 3.86. The quantitative estimate of drug-likeness (QED) is 0.836. The minimum Gasteiger partial charge on any atom is -0.334 e. The molecule has 20 heavy (non-hydrogen) atoms. The van der Waals surface area contributed by atoms with Gasteiger partial charge in [-0.1, -0.05) is 0 Å². The molecule has 0 amide bonds. The summed E-state index contributed by atoms with van der Waals surface area (Å²) in [4.78, 5) is 11.1. The largest absolute Gasteiger partial charge is 0.334 e. The Labute approximate surface area is 118 Å². The lowest BCUT2D eigenvalue weighted by atomic mass is 10.1. The van der Waals surface area contributed by atoms with Crippen LogP contribution in [0.4, 0.5) is 0 Å². The Bertz CT molecular complexity index is 632. The van der Waals surface area contributed by atoms with Crippen molar-refractivity contribution < 1.29 is 0 Å². The van der Waals surface area contributed by atoms with Gasteiger partial charge >= 0.3 is 0 Å². The Morgan fingerprint density at radius 2 is 2.05 bits per heavy atom. The first kappa shape index (κ1) is 12.8. The molecule has 0 bridgehead atoms. The molecule has 2 aromatic heterocycles. The predicted molar refractivity (Wildman–Crippen MR) is 75.9 cm³/mol.